The topological polar surface area (TPSA) is 108 Å². The van der Waals surface area contributed by atoms with Gasteiger partial charge in [-0.1, -0.05) is 36.4 Å². The van der Waals surface area contributed by atoms with Crippen molar-refractivity contribution >= 4 is 27.3 Å². The van der Waals surface area contributed by atoms with Crippen molar-refractivity contribution < 1.29 is 36.2 Å². The van der Waals surface area contributed by atoms with Gasteiger partial charge in [-0.3, -0.25) is 4.90 Å². The number of rotatable bonds is 9. The zero-order chi connectivity index (χ0) is 31.1. The summed E-state index contributed by atoms with van der Waals surface area (Å²) in [7, 11) is -3.74. The summed E-state index contributed by atoms with van der Waals surface area (Å²) in [6.07, 6.45) is -2.26. The van der Waals surface area contributed by atoms with Gasteiger partial charge < -0.3 is 19.5 Å². The molecule has 10 nitrogen and oxygen atoms in total. The maximum absolute atomic E-state index is 13.5. The van der Waals surface area contributed by atoms with E-state index in [1.807, 2.05) is 35.2 Å². The second-order valence-corrected chi connectivity index (χ2v) is 14.6. The quantitative estimate of drug-likeness (QED) is 0.373. The minimum atomic E-state index is -4.91. The van der Waals surface area contributed by atoms with Crippen LogP contribution >= 0.6 is 11.3 Å². The van der Waals surface area contributed by atoms with Crippen LogP contribution in [-0.2, 0) is 31.7 Å². The van der Waals surface area contributed by atoms with Crippen LogP contribution in [0.5, 0.6) is 0 Å². The molecular formula is C29H34F3N5O5S2. The first-order valence-electron chi connectivity index (χ1n) is 14.4. The highest BCUT2D eigenvalue weighted by Gasteiger charge is 2.52. The third-order valence-corrected chi connectivity index (χ3v) is 11.9. The smallest absolute Gasteiger partial charge is 0.378 e. The van der Waals surface area contributed by atoms with Gasteiger partial charge in [0.2, 0.25) is 5.95 Å². The molecule has 2 bridgehead atoms. The molecule has 0 radical (unpaired) electrons. The molecule has 15 heteroatoms. The van der Waals surface area contributed by atoms with Gasteiger partial charge in [0.25, 0.3) is 10.0 Å². The van der Waals surface area contributed by atoms with Crippen LogP contribution < -0.4 is 4.90 Å². The molecule has 0 amide bonds. The van der Waals surface area contributed by atoms with E-state index in [0.717, 1.165) is 35.7 Å². The highest BCUT2D eigenvalue weighted by molar-refractivity contribution is 7.91. The van der Waals surface area contributed by atoms with Crippen LogP contribution in [0.2, 0.25) is 0 Å². The Bertz CT molecular complexity index is 1510. The summed E-state index contributed by atoms with van der Waals surface area (Å²) in [6, 6.07) is 12.8. The number of aromatic nitrogens is 2. The molecule has 3 aliphatic heterocycles. The van der Waals surface area contributed by atoms with Gasteiger partial charge in [-0.25, -0.2) is 18.4 Å². The van der Waals surface area contributed by atoms with Crippen LogP contribution in [0, 0.1) is 0 Å². The standard InChI is InChI=1S/C29H34F3N5O5S2/c1-28(38,29(30,31)32)21-13-33-27(34-14-21)36-10-9-35(44(39,40)26-8-5-11-43-26)15-23(36)16-37-22-12-25(24(37)19-41-18-22)42-17-20-6-3-2-4-7-20/h2-8,11,13-14,22-25,38H,9-10,12,15-19H2,1H3/t22?,23-,24?,25?,28?/m1/s1. The molecule has 3 saturated heterocycles. The first-order chi connectivity index (χ1) is 20.9. The van der Waals surface area contributed by atoms with Crippen LogP contribution in [0.4, 0.5) is 19.1 Å². The van der Waals surface area contributed by atoms with E-state index >= 15 is 0 Å². The normalized spacial score (nSPS) is 26.5. The Kier molecular flexibility index (Phi) is 8.73. The second kappa shape index (κ2) is 12.3. The minimum Gasteiger partial charge on any atom is -0.378 e. The Labute approximate surface area is 258 Å². The molecule has 1 aromatic carbocycles. The van der Waals surface area contributed by atoms with Crippen molar-refractivity contribution in [3.05, 3.63) is 71.4 Å². The fourth-order valence-corrected chi connectivity index (χ4v) is 8.72. The van der Waals surface area contributed by atoms with Gasteiger partial charge in [0.1, 0.15) is 4.21 Å². The molecule has 0 spiro atoms. The predicted molar refractivity (Wildman–Crippen MR) is 157 cm³/mol. The maximum atomic E-state index is 13.5. The molecule has 3 aliphatic rings. The second-order valence-electron chi connectivity index (χ2n) is 11.5. The number of hydrogen-bond acceptors (Lipinski definition) is 10. The monoisotopic (exact) mass is 653 g/mol. The van der Waals surface area contributed by atoms with Crippen LogP contribution in [0.15, 0.2) is 64.4 Å². The lowest BCUT2D eigenvalue weighted by Gasteiger charge is -2.45. The fraction of sp³-hybridized carbons (Fsp3) is 0.517. The van der Waals surface area contributed by atoms with Gasteiger partial charge in [-0.2, -0.15) is 17.5 Å². The number of fused-ring (bicyclic) bond motifs is 2. The van der Waals surface area contributed by atoms with Crippen LogP contribution in [0.25, 0.3) is 0 Å². The molecule has 5 atom stereocenters. The first-order valence-corrected chi connectivity index (χ1v) is 16.7. The van der Waals surface area contributed by atoms with Gasteiger partial charge in [-0.15, -0.1) is 11.3 Å². The van der Waals surface area contributed by atoms with E-state index in [-0.39, 0.29) is 48.0 Å². The van der Waals surface area contributed by atoms with E-state index < -0.39 is 33.4 Å². The number of nitrogens with zero attached hydrogens (tertiary/aromatic N) is 5. The van der Waals surface area contributed by atoms with Crippen LogP contribution in [0.1, 0.15) is 24.5 Å². The van der Waals surface area contributed by atoms with E-state index in [2.05, 4.69) is 14.9 Å². The fourth-order valence-electron chi connectivity index (χ4n) is 6.11. The van der Waals surface area contributed by atoms with Crippen molar-refractivity contribution in [1.82, 2.24) is 19.2 Å². The van der Waals surface area contributed by atoms with Crippen molar-refractivity contribution in [2.75, 3.05) is 44.3 Å². The summed E-state index contributed by atoms with van der Waals surface area (Å²) < 4.78 is 81.2. The largest absolute Gasteiger partial charge is 0.421 e. The molecule has 238 valence electrons. The van der Waals surface area contributed by atoms with Crippen molar-refractivity contribution in [3.8, 4) is 0 Å². The number of ether oxygens (including phenoxy) is 2. The molecule has 2 aromatic heterocycles. The summed E-state index contributed by atoms with van der Waals surface area (Å²) in [5.74, 6) is 0.169. The molecule has 3 fully saturated rings. The predicted octanol–water partition coefficient (Wildman–Crippen LogP) is 3.25. The van der Waals surface area contributed by atoms with Crippen LogP contribution in [-0.4, -0.2) is 102 Å². The summed E-state index contributed by atoms with van der Waals surface area (Å²) in [6.45, 7) is 3.09. The van der Waals surface area contributed by atoms with Crippen molar-refractivity contribution in [3.63, 3.8) is 0 Å². The Hall–Kier alpha value is -2.66. The third kappa shape index (κ3) is 6.10. The molecule has 0 aliphatic carbocycles. The number of benzene rings is 1. The number of morpholine rings is 1. The summed E-state index contributed by atoms with van der Waals surface area (Å²) >= 11 is 1.15. The molecule has 5 heterocycles. The van der Waals surface area contributed by atoms with Gasteiger partial charge in [0.05, 0.1) is 38.0 Å². The van der Waals surface area contributed by atoms with E-state index in [0.29, 0.717) is 33.3 Å². The number of halogens is 3. The van der Waals surface area contributed by atoms with Gasteiger partial charge in [0, 0.05) is 50.2 Å². The number of alkyl halides is 3. The lowest BCUT2D eigenvalue weighted by Crippen LogP contribution is -2.61. The Morgan fingerprint density at radius 3 is 2.52 bits per heavy atom. The molecule has 6 rings (SSSR count). The van der Waals surface area contributed by atoms with E-state index in [9.17, 15) is 26.7 Å². The lowest BCUT2D eigenvalue weighted by atomic mass is 9.99. The van der Waals surface area contributed by atoms with E-state index in [1.54, 1.807) is 17.5 Å². The third-order valence-electron chi connectivity index (χ3n) is 8.70. The number of anilines is 1. The van der Waals surface area contributed by atoms with E-state index in [4.69, 9.17) is 9.47 Å². The Balaban J connectivity index is 1.25. The van der Waals surface area contributed by atoms with Gasteiger partial charge in [0.15, 0.2) is 5.60 Å². The number of sulfonamides is 1. The number of thiophene rings is 1. The zero-order valence-corrected chi connectivity index (χ0v) is 25.6. The number of piperazine rings is 1. The summed E-state index contributed by atoms with van der Waals surface area (Å²) in [5, 5.41) is 11.8. The molecule has 1 N–H and O–H groups in total. The highest BCUT2D eigenvalue weighted by atomic mass is 32.2. The summed E-state index contributed by atoms with van der Waals surface area (Å²) in [4.78, 5) is 12.6. The summed E-state index contributed by atoms with van der Waals surface area (Å²) in [5.41, 5.74) is -2.52. The minimum absolute atomic E-state index is 0.0474. The molecule has 0 saturated carbocycles. The number of hydrogen-bond donors (Lipinski definition) is 1. The van der Waals surface area contributed by atoms with Crippen molar-refractivity contribution in [2.45, 2.75) is 60.2 Å². The molecule has 4 unspecified atom stereocenters. The van der Waals surface area contributed by atoms with Gasteiger partial charge >= 0.3 is 6.18 Å². The average Bonchev–Trinajstić information content (AvgIpc) is 3.61. The Morgan fingerprint density at radius 1 is 1.09 bits per heavy atom. The first kappa shape index (κ1) is 31.3. The van der Waals surface area contributed by atoms with E-state index in [1.165, 1.54) is 4.31 Å². The van der Waals surface area contributed by atoms with Crippen LogP contribution in [0.3, 0.4) is 0 Å². The number of aliphatic hydroxyl groups is 1. The maximum Gasteiger partial charge on any atom is 0.421 e. The van der Waals surface area contributed by atoms with Crippen molar-refractivity contribution in [2.24, 2.45) is 0 Å². The van der Waals surface area contributed by atoms with Crippen molar-refractivity contribution in [1.29, 1.82) is 0 Å². The lowest BCUT2D eigenvalue weighted by molar-refractivity contribution is -0.259. The average molecular weight is 654 g/mol. The SMILES string of the molecule is CC(O)(c1cnc(N2CCN(S(=O)(=O)c3cccs3)C[C@@H]2CN2C3COCC2C(OCc2ccccc2)C3)nc1)C(F)(F)F. The molecule has 44 heavy (non-hydrogen) atoms. The zero-order valence-electron chi connectivity index (χ0n) is 24.0. The highest BCUT2D eigenvalue weighted by Crippen LogP contribution is 2.38. The van der Waals surface area contributed by atoms with Gasteiger partial charge in [-0.05, 0) is 30.4 Å². The molecular weight excluding hydrogens is 619 g/mol. The molecule has 3 aromatic rings. The Morgan fingerprint density at radius 2 is 1.84 bits per heavy atom.